The maximum atomic E-state index is 13.0. The lowest BCUT2D eigenvalue weighted by Crippen LogP contribution is -2.30. The number of amides is 1. The zero-order valence-electron chi connectivity index (χ0n) is 14.6. The molecule has 3 heterocycles. The van der Waals surface area contributed by atoms with E-state index in [0.717, 1.165) is 42.8 Å². The fraction of sp³-hybridized carbons (Fsp3) is 0.421. The highest BCUT2D eigenvalue weighted by Gasteiger charge is 2.33. The molecule has 1 aromatic carbocycles. The van der Waals surface area contributed by atoms with Crippen LogP contribution in [0.2, 0.25) is 0 Å². The summed E-state index contributed by atoms with van der Waals surface area (Å²) in [5.41, 5.74) is 2.62. The number of H-pyrrole nitrogens is 1. The van der Waals surface area contributed by atoms with Gasteiger partial charge in [0.15, 0.2) is 0 Å². The number of hydrogen-bond acceptors (Lipinski definition) is 3. The van der Waals surface area contributed by atoms with Crippen molar-refractivity contribution in [3.8, 4) is 0 Å². The van der Waals surface area contributed by atoms with Crippen LogP contribution in [0.1, 0.15) is 48.9 Å². The van der Waals surface area contributed by atoms with Gasteiger partial charge in [0.2, 0.25) is 0 Å². The Bertz CT molecular complexity index is 861. The fourth-order valence-corrected chi connectivity index (χ4v) is 3.54. The number of nitrogens with zero attached hydrogens (tertiary/aromatic N) is 4. The van der Waals surface area contributed by atoms with Gasteiger partial charge in [0, 0.05) is 19.3 Å². The molecule has 0 bridgehead atoms. The first kappa shape index (κ1) is 15.9. The molecule has 0 aliphatic carbocycles. The third kappa shape index (κ3) is 3.04. The Labute approximate surface area is 146 Å². The predicted molar refractivity (Wildman–Crippen MR) is 96.2 cm³/mol. The van der Waals surface area contributed by atoms with Gasteiger partial charge in [-0.3, -0.25) is 9.48 Å². The van der Waals surface area contributed by atoms with E-state index in [1.165, 1.54) is 0 Å². The normalized spacial score (nSPS) is 17.7. The number of benzene rings is 1. The van der Waals surface area contributed by atoms with Gasteiger partial charge in [0.25, 0.3) is 5.91 Å². The van der Waals surface area contributed by atoms with Crippen molar-refractivity contribution in [3.63, 3.8) is 0 Å². The van der Waals surface area contributed by atoms with Gasteiger partial charge in [-0.2, -0.15) is 5.10 Å². The van der Waals surface area contributed by atoms with Crippen LogP contribution >= 0.6 is 0 Å². The van der Waals surface area contributed by atoms with Crippen molar-refractivity contribution in [3.05, 3.63) is 48.0 Å². The number of likely N-dealkylation sites (tertiary alicyclic amines) is 1. The maximum Gasteiger partial charge on any atom is 0.257 e. The lowest BCUT2D eigenvalue weighted by molar-refractivity contribution is 0.0730. The fourth-order valence-electron chi connectivity index (χ4n) is 3.54. The minimum absolute atomic E-state index is 0.00773. The first-order chi connectivity index (χ1) is 12.1. The second-order valence-electron chi connectivity index (χ2n) is 7.14. The summed E-state index contributed by atoms with van der Waals surface area (Å²) in [5.74, 6) is 1.41. The Morgan fingerprint density at radius 2 is 2.20 bits per heavy atom. The Kier molecular flexibility index (Phi) is 4.03. The summed E-state index contributed by atoms with van der Waals surface area (Å²) >= 11 is 0. The highest BCUT2D eigenvalue weighted by atomic mass is 16.2. The molecular formula is C19H23N5O. The quantitative estimate of drug-likeness (QED) is 0.793. The number of para-hydroxylation sites is 2. The third-order valence-electron chi connectivity index (χ3n) is 4.67. The van der Waals surface area contributed by atoms with E-state index < -0.39 is 0 Å². The second kappa shape index (κ2) is 6.35. The highest BCUT2D eigenvalue weighted by Crippen LogP contribution is 2.32. The smallest absolute Gasteiger partial charge is 0.257 e. The van der Waals surface area contributed by atoms with Crippen molar-refractivity contribution in [2.45, 2.75) is 39.3 Å². The zero-order valence-corrected chi connectivity index (χ0v) is 14.6. The van der Waals surface area contributed by atoms with Crippen molar-refractivity contribution in [2.75, 3.05) is 6.54 Å². The molecule has 1 atom stereocenters. The molecule has 2 aromatic heterocycles. The Morgan fingerprint density at radius 1 is 1.36 bits per heavy atom. The number of hydrogen-bond donors (Lipinski definition) is 1. The van der Waals surface area contributed by atoms with Gasteiger partial charge in [-0.05, 0) is 30.9 Å². The molecule has 1 amide bonds. The van der Waals surface area contributed by atoms with Crippen molar-refractivity contribution >= 4 is 16.9 Å². The van der Waals surface area contributed by atoms with Crippen LogP contribution in [-0.2, 0) is 6.54 Å². The van der Waals surface area contributed by atoms with Crippen molar-refractivity contribution in [1.29, 1.82) is 0 Å². The summed E-state index contributed by atoms with van der Waals surface area (Å²) in [6.07, 6.45) is 5.47. The number of fused-ring (bicyclic) bond motifs is 1. The van der Waals surface area contributed by atoms with E-state index in [9.17, 15) is 4.79 Å². The third-order valence-corrected chi connectivity index (χ3v) is 4.67. The molecule has 1 N–H and O–H groups in total. The van der Waals surface area contributed by atoms with Gasteiger partial charge in [0.1, 0.15) is 5.82 Å². The molecule has 1 aliphatic rings. The average molecular weight is 337 g/mol. The molecule has 4 rings (SSSR count). The number of carbonyl (C=O) groups excluding carboxylic acids is 1. The second-order valence-corrected chi connectivity index (χ2v) is 7.14. The standard InChI is InChI=1S/C19H23N5O/c1-13(2)11-23-12-14(10-20-23)19(25)24-9-5-8-17(24)18-21-15-6-3-4-7-16(15)22-18/h3-4,6-7,10,12-13,17H,5,8-9,11H2,1-2H3,(H,21,22)/t17-/m0/s1. The summed E-state index contributed by atoms with van der Waals surface area (Å²) in [5, 5.41) is 4.33. The van der Waals surface area contributed by atoms with E-state index in [1.807, 2.05) is 40.0 Å². The lowest BCUT2D eigenvalue weighted by atomic mass is 10.2. The molecule has 1 fully saturated rings. The topological polar surface area (TPSA) is 66.8 Å². The molecule has 0 unspecified atom stereocenters. The molecule has 1 saturated heterocycles. The number of aromatic amines is 1. The van der Waals surface area contributed by atoms with Crippen LogP contribution in [0, 0.1) is 5.92 Å². The van der Waals surface area contributed by atoms with Crippen LogP contribution in [0.25, 0.3) is 11.0 Å². The maximum absolute atomic E-state index is 13.0. The number of imidazole rings is 1. The molecular weight excluding hydrogens is 314 g/mol. The van der Waals surface area contributed by atoms with Gasteiger partial charge in [-0.1, -0.05) is 26.0 Å². The molecule has 0 saturated carbocycles. The molecule has 0 radical (unpaired) electrons. The van der Waals surface area contributed by atoms with E-state index in [1.54, 1.807) is 6.20 Å². The Morgan fingerprint density at radius 3 is 3.00 bits per heavy atom. The number of aromatic nitrogens is 4. The monoisotopic (exact) mass is 337 g/mol. The number of rotatable bonds is 4. The van der Waals surface area contributed by atoms with Crippen molar-refractivity contribution in [2.24, 2.45) is 5.92 Å². The van der Waals surface area contributed by atoms with E-state index in [0.29, 0.717) is 11.5 Å². The number of carbonyl (C=O) groups is 1. The largest absolute Gasteiger partial charge is 0.340 e. The van der Waals surface area contributed by atoms with Crippen molar-refractivity contribution < 1.29 is 4.79 Å². The highest BCUT2D eigenvalue weighted by molar-refractivity contribution is 5.94. The van der Waals surface area contributed by atoms with Gasteiger partial charge in [-0.25, -0.2) is 4.98 Å². The molecule has 130 valence electrons. The molecule has 1 aliphatic heterocycles. The van der Waals surface area contributed by atoms with Crippen LogP contribution in [0.4, 0.5) is 0 Å². The van der Waals surface area contributed by atoms with E-state index in [2.05, 4.69) is 23.9 Å². The summed E-state index contributed by atoms with van der Waals surface area (Å²) < 4.78 is 1.85. The SMILES string of the molecule is CC(C)Cn1cc(C(=O)N2CCC[C@H]2c2nc3ccccc3[nH]2)cn1. The van der Waals surface area contributed by atoms with E-state index in [-0.39, 0.29) is 11.9 Å². The summed E-state index contributed by atoms with van der Waals surface area (Å²) in [6.45, 7) is 5.86. The molecule has 6 heteroatoms. The van der Waals surface area contributed by atoms with E-state index in [4.69, 9.17) is 4.98 Å². The minimum Gasteiger partial charge on any atom is -0.340 e. The molecule has 25 heavy (non-hydrogen) atoms. The van der Waals surface area contributed by atoms with Crippen LogP contribution in [0.5, 0.6) is 0 Å². The predicted octanol–water partition coefficient (Wildman–Crippen LogP) is 3.39. The van der Waals surface area contributed by atoms with Crippen LogP contribution in [0.3, 0.4) is 0 Å². The zero-order chi connectivity index (χ0) is 17.4. The van der Waals surface area contributed by atoms with Crippen molar-refractivity contribution in [1.82, 2.24) is 24.6 Å². The minimum atomic E-state index is 0.00773. The Hall–Kier alpha value is -2.63. The lowest BCUT2D eigenvalue weighted by Gasteiger charge is -2.22. The van der Waals surface area contributed by atoms with Crippen LogP contribution < -0.4 is 0 Å². The molecule has 0 spiro atoms. The molecule has 6 nitrogen and oxygen atoms in total. The van der Waals surface area contributed by atoms with Crippen LogP contribution in [-0.4, -0.2) is 37.1 Å². The first-order valence-electron chi connectivity index (χ1n) is 8.90. The average Bonchev–Trinajstić information content (AvgIpc) is 3.31. The number of nitrogens with one attached hydrogen (secondary N) is 1. The van der Waals surface area contributed by atoms with Gasteiger partial charge >= 0.3 is 0 Å². The van der Waals surface area contributed by atoms with Gasteiger partial charge < -0.3 is 9.88 Å². The Balaban J connectivity index is 1.58. The summed E-state index contributed by atoms with van der Waals surface area (Å²) in [6, 6.07) is 7.99. The van der Waals surface area contributed by atoms with Gasteiger partial charge in [0.05, 0.1) is 28.8 Å². The molecule has 3 aromatic rings. The van der Waals surface area contributed by atoms with Gasteiger partial charge in [-0.15, -0.1) is 0 Å². The van der Waals surface area contributed by atoms with Crippen LogP contribution in [0.15, 0.2) is 36.7 Å². The summed E-state index contributed by atoms with van der Waals surface area (Å²) in [7, 11) is 0. The first-order valence-corrected chi connectivity index (χ1v) is 8.90. The van der Waals surface area contributed by atoms with E-state index >= 15 is 0 Å². The summed E-state index contributed by atoms with van der Waals surface area (Å²) in [4.78, 5) is 23.0.